The molecular weight excluding hydrogens is 420 g/mol. The molecule has 0 fully saturated rings. The van der Waals surface area contributed by atoms with Crippen molar-refractivity contribution in [3.8, 4) is 17.2 Å². The number of rotatable bonds is 1. The van der Waals surface area contributed by atoms with Gasteiger partial charge in [0, 0.05) is 13.1 Å². The zero-order valence-electron chi connectivity index (χ0n) is 14.8. The van der Waals surface area contributed by atoms with Crippen molar-refractivity contribution in [2.45, 2.75) is 25.8 Å². The number of alkyl halides is 3. The number of aromatic nitrogens is 2. The van der Waals surface area contributed by atoms with Crippen LogP contribution in [0.1, 0.15) is 11.3 Å². The fourth-order valence-corrected chi connectivity index (χ4v) is 3.26. The van der Waals surface area contributed by atoms with Gasteiger partial charge >= 0.3 is 11.9 Å². The van der Waals surface area contributed by atoms with Crippen LogP contribution in [-0.2, 0) is 13.2 Å². The van der Waals surface area contributed by atoms with Crippen molar-refractivity contribution in [2.24, 2.45) is 7.05 Å². The first kappa shape index (κ1) is 21.3. The Morgan fingerprint density at radius 1 is 1.04 bits per heavy atom. The second-order valence-electron chi connectivity index (χ2n) is 6.83. The van der Waals surface area contributed by atoms with E-state index in [0.717, 1.165) is 7.05 Å². The Bertz CT molecular complexity index is 1060. The molecule has 144 valence electrons. The van der Waals surface area contributed by atoms with E-state index in [1.807, 2.05) is 19.6 Å². The largest absolute Gasteiger partial charge is 0.431 e. The molecule has 27 heavy (non-hydrogen) atoms. The van der Waals surface area contributed by atoms with E-state index in [0.29, 0.717) is 20.8 Å². The smallest absolute Gasteiger partial charge is 0.292 e. The monoisotopic (exact) mass is 434 g/mol. The third-order valence-corrected chi connectivity index (χ3v) is 4.93. The van der Waals surface area contributed by atoms with Crippen LogP contribution >= 0.6 is 23.2 Å². The van der Waals surface area contributed by atoms with Gasteiger partial charge in [0.15, 0.2) is 0 Å². The predicted molar refractivity (Wildman–Crippen MR) is 103 cm³/mol. The van der Waals surface area contributed by atoms with Crippen LogP contribution in [0.2, 0.25) is 29.7 Å². The van der Waals surface area contributed by atoms with Crippen LogP contribution in [0.4, 0.5) is 13.2 Å². The average Bonchev–Trinajstić information content (AvgIpc) is 2.48. The maximum absolute atomic E-state index is 12.9. The van der Waals surface area contributed by atoms with Crippen LogP contribution in [0.15, 0.2) is 27.8 Å². The number of nitrogens with zero attached hydrogens (tertiary/aromatic N) is 2. The van der Waals surface area contributed by atoms with Gasteiger partial charge in [-0.15, -0.1) is 5.54 Å². The molecule has 10 heteroatoms. The molecule has 0 spiro atoms. The predicted octanol–water partition coefficient (Wildman–Crippen LogP) is 4.09. The van der Waals surface area contributed by atoms with Crippen molar-refractivity contribution in [2.75, 3.05) is 0 Å². The maximum Gasteiger partial charge on any atom is 0.431 e. The molecule has 0 atom stereocenters. The second kappa shape index (κ2) is 7.22. The molecule has 4 nitrogen and oxygen atoms in total. The first-order valence-corrected chi connectivity index (χ1v) is 11.9. The molecule has 1 aromatic carbocycles. The molecule has 0 unspecified atom stereocenters. The Labute approximate surface area is 164 Å². The molecule has 0 bridgehead atoms. The zero-order valence-corrected chi connectivity index (χ0v) is 17.3. The van der Waals surface area contributed by atoms with Gasteiger partial charge in [-0.2, -0.15) is 13.2 Å². The van der Waals surface area contributed by atoms with Crippen molar-refractivity contribution in [3.63, 3.8) is 0 Å². The molecular formula is C17H15Cl2F3N2O2Si. The van der Waals surface area contributed by atoms with Crippen molar-refractivity contribution < 1.29 is 13.2 Å². The van der Waals surface area contributed by atoms with Gasteiger partial charge in [0.25, 0.3) is 5.56 Å². The van der Waals surface area contributed by atoms with Crippen LogP contribution in [0.3, 0.4) is 0 Å². The summed E-state index contributed by atoms with van der Waals surface area (Å²) >= 11 is 12.4. The number of benzene rings is 1. The van der Waals surface area contributed by atoms with E-state index < -0.39 is 31.2 Å². The Balaban J connectivity index is 2.71. The van der Waals surface area contributed by atoms with Gasteiger partial charge < -0.3 is 0 Å². The highest BCUT2D eigenvalue weighted by Crippen LogP contribution is 2.29. The Morgan fingerprint density at radius 2 is 1.56 bits per heavy atom. The first-order valence-electron chi connectivity index (χ1n) is 7.65. The fourth-order valence-electron chi connectivity index (χ4n) is 2.19. The Kier molecular flexibility index (Phi) is 5.71. The minimum absolute atomic E-state index is 0.0390. The average molecular weight is 435 g/mol. The first-order chi connectivity index (χ1) is 12.2. The van der Waals surface area contributed by atoms with Gasteiger partial charge in [0.1, 0.15) is 13.8 Å². The third kappa shape index (κ3) is 4.67. The molecule has 2 aromatic rings. The van der Waals surface area contributed by atoms with Crippen molar-refractivity contribution in [1.29, 1.82) is 0 Å². The lowest BCUT2D eigenvalue weighted by Gasteiger charge is -2.14. The second-order valence-corrected chi connectivity index (χ2v) is 12.4. The molecule has 0 radical (unpaired) electrons. The Hall–Kier alpha value is -1.95. The zero-order chi connectivity index (χ0) is 20.7. The van der Waals surface area contributed by atoms with E-state index in [1.54, 1.807) is 0 Å². The molecule has 0 N–H and O–H groups in total. The van der Waals surface area contributed by atoms with Gasteiger partial charge in [-0.25, -0.2) is 9.36 Å². The van der Waals surface area contributed by atoms with E-state index in [-0.39, 0.29) is 15.7 Å². The van der Waals surface area contributed by atoms with Crippen molar-refractivity contribution in [3.05, 3.63) is 60.3 Å². The fraction of sp³-hybridized carbons (Fsp3) is 0.294. The summed E-state index contributed by atoms with van der Waals surface area (Å²) in [5.74, 6) is 2.90. The van der Waals surface area contributed by atoms with Gasteiger partial charge in [0.05, 0.1) is 21.3 Å². The lowest BCUT2D eigenvalue weighted by atomic mass is 10.2. The summed E-state index contributed by atoms with van der Waals surface area (Å²) in [6.07, 6.45) is -4.84. The lowest BCUT2D eigenvalue weighted by Crippen LogP contribution is -2.40. The topological polar surface area (TPSA) is 44.0 Å². The summed E-state index contributed by atoms with van der Waals surface area (Å²) in [7, 11) is -0.778. The SMILES string of the molecule is Cn1c(C(F)(F)F)cc(=O)n(-c2cc(Cl)c(C#C[Si](C)(C)C)c(Cl)c2)c1=O. The number of halogens is 5. The van der Waals surface area contributed by atoms with Gasteiger partial charge in [-0.1, -0.05) is 48.8 Å². The van der Waals surface area contributed by atoms with E-state index in [1.165, 1.54) is 12.1 Å². The standard InChI is InChI=1S/C17H15Cl2F3N2O2Si/c1-23-14(17(20,21)22)9-15(25)24(16(23)26)10-7-12(18)11(13(19)8-10)5-6-27(2,3)4/h7-9H,1-4H3. The van der Waals surface area contributed by atoms with Crippen LogP contribution in [-0.4, -0.2) is 17.2 Å². The highest BCUT2D eigenvalue weighted by molar-refractivity contribution is 6.83. The van der Waals surface area contributed by atoms with Gasteiger partial charge in [0.2, 0.25) is 0 Å². The lowest BCUT2D eigenvalue weighted by molar-refractivity contribution is -0.144. The highest BCUT2D eigenvalue weighted by atomic mass is 35.5. The summed E-state index contributed by atoms with van der Waals surface area (Å²) in [5, 5.41) is 0.189. The molecule has 1 aromatic heterocycles. The van der Waals surface area contributed by atoms with E-state index >= 15 is 0 Å². The number of hydrogen-bond acceptors (Lipinski definition) is 2. The molecule has 0 saturated heterocycles. The van der Waals surface area contributed by atoms with Crippen LogP contribution in [0, 0.1) is 11.5 Å². The van der Waals surface area contributed by atoms with E-state index in [4.69, 9.17) is 23.2 Å². The minimum atomic E-state index is -4.84. The summed E-state index contributed by atoms with van der Waals surface area (Å²) < 4.78 is 39.8. The molecule has 0 aliphatic carbocycles. The van der Waals surface area contributed by atoms with Gasteiger partial charge in [-0.3, -0.25) is 9.36 Å². The molecule has 0 amide bonds. The molecule has 0 aliphatic rings. The minimum Gasteiger partial charge on any atom is -0.292 e. The van der Waals surface area contributed by atoms with E-state index in [9.17, 15) is 22.8 Å². The summed E-state index contributed by atoms with van der Waals surface area (Å²) in [6.45, 7) is 6.09. The number of hydrogen-bond donors (Lipinski definition) is 0. The quantitative estimate of drug-likeness (QED) is 0.501. The highest BCUT2D eigenvalue weighted by Gasteiger charge is 2.35. The van der Waals surface area contributed by atoms with Crippen molar-refractivity contribution >= 4 is 31.3 Å². The van der Waals surface area contributed by atoms with E-state index in [2.05, 4.69) is 11.5 Å². The normalized spacial score (nSPS) is 11.9. The van der Waals surface area contributed by atoms with Crippen LogP contribution in [0.25, 0.3) is 5.69 Å². The van der Waals surface area contributed by atoms with Gasteiger partial charge in [-0.05, 0) is 12.1 Å². The summed E-state index contributed by atoms with van der Waals surface area (Å²) in [6, 6.07) is 2.90. The summed E-state index contributed by atoms with van der Waals surface area (Å²) in [5.41, 5.74) is -0.257. The molecule has 0 aliphatic heterocycles. The maximum atomic E-state index is 12.9. The van der Waals surface area contributed by atoms with Crippen LogP contribution in [0.5, 0.6) is 0 Å². The van der Waals surface area contributed by atoms with Crippen LogP contribution < -0.4 is 11.2 Å². The molecule has 2 rings (SSSR count). The summed E-state index contributed by atoms with van der Waals surface area (Å²) in [4.78, 5) is 24.5. The molecule has 1 heterocycles. The Morgan fingerprint density at radius 3 is 2.00 bits per heavy atom. The third-order valence-electron chi connectivity index (χ3n) is 3.46. The van der Waals surface area contributed by atoms with Crippen molar-refractivity contribution in [1.82, 2.24) is 9.13 Å². The molecule has 0 saturated carbocycles.